The molecule has 0 unspecified atom stereocenters. The van der Waals surface area contributed by atoms with Crippen molar-refractivity contribution in [2.24, 2.45) is 11.7 Å². The third-order valence-electron chi connectivity index (χ3n) is 3.15. The van der Waals surface area contributed by atoms with E-state index < -0.39 is 17.9 Å². The number of primary amides is 1. The Balaban J connectivity index is 2.90. The maximum absolute atomic E-state index is 11.9. The summed E-state index contributed by atoms with van der Waals surface area (Å²) in [6, 6.07) is 2.60. The third kappa shape index (κ3) is 5.17. The van der Waals surface area contributed by atoms with Crippen LogP contribution in [-0.4, -0.2) is 32.1 Å². The van der Waals surface area contributed by atoms with Crippen molar-refractivity contribution in [2.75, 3.05) is 14.2 Å². The molecule has 1 aromatic carbocycles. The van der Waals surface area contributed by atoms with Gasteiger partial charge < -0.3 is 20.5 Å². The smallest absolute Gasteiger partial charge is 0.244 e. The minimum Gasteiger partial charge on any atom is -0.493 e. The lowest BCUT2D eigenvalue weighted by atomic mass is 10.0. The van der Waals surface area contributed by atoms with Gasteiger partial charge in [0.05, 0.1) is 19.2 Å². The van der Waals surface area contributed by atoms with E-state index in [2.05, 4.69) is 5.32 Å². The van der Waals surface area contributed by atoms with Gasteiger partial charge in [0.15, 0.2) is 11.5 Å². The molecule has 0 fully saturated rings. The first kappa shape index (κ1) is 18.8. The molecule has 0 bridgehead atoms. The summed E-state index contributed by atoms with van der Waals surface area (Å²) < 4.78 is 10.3. The molecule has 1 atom stereocenters. The Bertz CT molecular complexity index is 614. The number of benzene rings is 1. The van der Waals surface area contributed by atoms with Gasteiger partial charge in [-0.15, -0.1) is 0 Å². The number of ether oxygens (including phenoxy) is 2. The van der Waals surface area contributed by atoms with Gasteiger partial charge in [-0.3, -0.25) is 9.59 Å². The van der Waals surface area contributed by atoms with Gasteiger partial charge in [-0.05, 0) is 29.7 Å². The highest BCUT2D eigenvalue weighted by Gasteiger charge is 2.20. The van der Waals surface area contributed by atoms with Crippen LogP contribution in [0.2, 0.25) is 5.02 Å². The molecule has 1 rings (SSSR count). The minimum absolute atomic E-state index is 0.0969. The number of carbonyl (C=O) groups is 2. The molecule has 3 N–H and O–H groups in total. The van der Waals surface area contributed by atoms with Gasteiger partial charge in [0, 0.05) is 6.08 Å². The van der Waals surface area contributed by atoms with Crippen LogP contribution in [0.4, 0.5) is 0 Å². The van der Waals surface area contributed by atoms with Crippen LogP contribution < -0.4 is 20.5 Å². The van der Waals surface area contributed by atoms with E-state index in [1.54, 1.807) is 32.1 Å². The predicted octanol–water partition coefficient (Wildman–Crippen LogP) is 2.00. The zero-order chi connectivity index (χ0) is 17.6. The van der Waals surface area contributed by atoms with Crippen LogP contribution in [-0.2, 0) is 9.59 Å². The summed E-state index contributed by atoms with van der Waals surface area (Å²) >= 11 is 6.10. The average Bonchev–Trinajstić information content (AvgIpc) is 2.49. The van der Waals surface area contributed by atoms with Crippen molar-refractivity contribution in [1.29, 1.82) is 0 Å². The highest BCUT2D eigenvalue weighted by Crippen LogP contribution is 2.36. The maximum atomic E-state index is 11.9. The number of nitrogens with one attached hydrogen (secondary N) is 1. The summed E-state index contributed by atoms with van der Waals surface area (Å²) in [5, 5.41) is 2.93. The Kier molecular flexibility index (Phi) is 6.90. The van der Waals surface area contributed by atoms with E-state index in [-0.39, 0.29) is 5.92 Å². The first-order valence-electron chi connectivity index (χ1n) is 6.99. The second-order valence-corrected chi connectivity index (χ2v) is 5.61. The number of hydrogen-bond donors (Lipinski definition) is 2. The molecular formula is C16H21ClN2O4. The summed E-state index contributed by atoms with van der Waals surface area (Å²) in [5.41, 5.74) is 5.91. The van der Waals surface area contributed by atoms with Gasteiger partial charge in [-0.2, -0.15) is 0 Å². The summed E-state index contributed by atoms with van der Waals surface area (Å²) in [6.45, 7) is 3.60. The Morgan fingerprint density at radius 1 is 1.26 bits per heavy atom. The molecule has 0 heterocycles. The van der Waals surface area contributed by atoms with Gasteiger partial charge in [0.1, 0.15) is 6.04 Å². The fourth-order valence-electron chi connectivity index (χ4n) is 1.97. The van der Waals surface area contributed by atoms with Crippen molar-refractivity contribution in [1.82, 2.24) is 5.32 Å². The van der Waals surface area contributed by atoms with Gasteiger partial charge >= 0.3 is 0 Å². The molecule has 2 amide bonds. The van der Waals surface area contributed by atoms with E-state index in [0.29, 0.717) is 22.1 Å². The van der Waals surface area contributed by atoms with Crippen molar-refractivity contribution in [3.05, 3.63) is 28.8 Å². The lowest BCUT2D eigenvalue weighted by Crippen LogP contribution is -2.47. The second-order valence-electron chi connectivity index (χ2n) is 5.20. The number of nitrogens with two attached hydrogens (primary N) is 1. The van der Waals surface area contributed by atoms with Gasteiger partial charge in [-0.1, -0.05) is 25.4 Å². The number of hydrogen-bond acceptors (Lipinski definition) is 4. The van der Waals surface area contributed by atoms with E-state index in [0.717, 1.165) is 0 Å². The molecule has 0 saturated carbocycles. The van der Waals surface area contributed by atoms with Crippen molar-refractivity contribution in [2.45, 2.75) is 19.9 Å². The van der Waals surface area contributed by atoms with E-state index in [1.807, 2.05) is 0 Å². The van der Waals surface area contributed by atoms with Crippen LogP contribution in [0, 0.1) is 5.92 Å². The Morgan fingerprint density at radius 3 is 2.39 bits per heavy atom. The molecular weight excluding hydrogens is 320 g/mol. The number of amides is 2. The normalized spacial score (nSPS) is 12.3. The first-order chi connectivity index (χ1) is 10.8. The Hall–Kier alpha value is -2.21. The van der Waals surface area contributed by atoms with Crippen LogP contribution in [0.25, 0.3) is 6.08 Å². The molecule has 0 spiro atoms. The molecule has 0 aliphatic heterocycles. The predicted molar refractivity (Wildman–Crippen MR) is 89.6 cm³/mol. The fourth-order valence-corrected chi connectivity index (χ4v) is 2.27. The summed E-state index contributed by atoms with van der Waals surface area (Å²) in [5.74, 6) is -0.216. The van der Waals surface area contributed by atoms with E-state index in [4.69, 9.17) is 26.8 Å². The second kappa shape index (κ2) is 8.43. The topological polar surface area (TPSA) is 90.6 Å². The zero-order valence-electron chi connectivity index (χ0n) is 13.6. The SMILES string of the molecule is COc1cc(/C=C/C(=O)N[C@@H](C(N)=O)C(C)C)cc(Cl)c1OC. The van der Waals surface area contributed by atoms with E-state index in [9.17, 15) is 9.59 Å². The number of rotatable bonds is 7. The summed E-state index contributed by atoms with van der Waals surface area (Å²) in [4.78, 5) is 23.2. The molecule has 7 heteroatoms. The molecule has 0 aliphatic rings. The molecule has 0 aliphatic carbocycles. The van der Waals surface area contributed by atoms with Crippen molar-refractivity contribution >= 4 is 29.5 Å². The number of halogens is 1. The molecule has 0 radical (unpaired) electrons. The molecule has 0 aromatic heterocycles. The lowest BCUT2D eigenvalue weighted by molar-refractivity contribution is -0.126. The largest absolute Gasteiger partial charge is 0.493 e. The van der Waals surface area contributed by atoms with Gasteiger partial charge in [0.25, 0.3) is 0 Å². The number of methoxy groups -OCH3 is 2. The molecule has 1 aromatic rings. The Labute approximate surface area is 140 Å². The van der Waals surface area contributed by atoms with E-state index in [1.165, 1.54) is 20.3 Å². The van der Waals surface area contributed by atoms with Crippen LogP contribution in [0.15, 0.2) is 18.2 Å². The minimum atomic E-state index is -0.721. The molecule has 6 nitrogen and oxygen atoms in total. The van der Waals surface area contributed by atoms with Gasteiger partial charge in [-0.25, -0.2) is 0 Å². The zero-order valence-corrected chi connectivity index (χ0v) is 14.3. The first-order valence-corrected chi connectivity index (χ1v) is 7.37. The third-order valence-corrected chi connectivity index (χ3v) is 3.43. The quantitative estimate of drug-likeness (QED) is 0.743. The van der Waals surface area contributed by atoms with Crippen LogP contribution in [0.1, 0.15) is 19.4 Å². The number of carbonyl (C=O) groups excluding carboxylic acids is 2. The van der Waals surface area contributed by atoms with Crippen LogP contribution in [0.3, 0.4) is 0 Å². The molecule has 126 valence electrons. The lowest BCUT2D eigenvalue weighted by Gasteiger charge is -2.17. The van der Waals surface area contributed by atoms with Crippen LogP contribution >= 0.6 is 11.6 Å². The molecule has 23 heavy (non-hydrogen) atoms. The van der Waals surface area contributed by atoms with Crippen molar-refractivity contribution in [3.8, 4) is 11.5 Å². The molecule has 0 saturated heterocycles. The summed E-state index contributed by atoms with van der Waals surface area (Å²) in [6.07, 6.45) is 2.86. The highest BCUT2D eigenvalue weighted by atomic mass is 35.5. The van der Waals surface area contributed by atoms with Crippen LogP contribution in [0.5, 0.6) is 11.5 Å². The Morgan fingerprint density at radius 2 is 1.91 bits per heavy atom. The summed E-state index contributed by atoms with van der Waals surface area (Å²) in [7, 11) is 2.98. The fraction of sp³-hybridized carbons (Fsp3) is 0.375. The standard InChI is InChI=1S/C16H21ClN2O4/c1-9(2)14(16(18)21)19-13(20)6-5-10-7-11(17)15(23-4)12(8-10)22-3/h5-9,14H,1-4H3,(H2,18,21)(H,19,20)/b6-5+/t14-/m1/s1. The maximum Gasteiger partial charge on any atom is 0.244 e. The van der Waals surface area contributed by atoms with Crippen molar-refractivity contribution in [3.63, 3.8) is 0 Å². The van der Waals surface area contributed by atoms with E-state index >= 15 is 0 Å². The van der Waals surface area contributed by atoms with Gasteiger partial charge in [0.2, 0.25) is 11.8 Å². The highest BCUT2D eigenvalue weighted by molar-refractivity contribution is 6.32. The monoisotopic (exact) mass is 340 g/mol. The average molecular weight is 341 g/mol. The van der Waals surface area contributed by atoms with Crippen molar-refractivity contribution < 1.29 is 19.1 Å².